The number of ether oxygens (including phenoxy) is 1. The van der Waals surface area contributed by atoms with Gasteiger partial charge in [-0.05, 0) is 53.1 Å². The summed E-state index contributed by atoms with van der Waals surface area (Å²) < 4.78 is 11.8. The topological polar surface area (TPSA) is 62.0 Å². The first kappa shape index (κ1) is 23.5. The second-order valence-corrected chi connectivity index (χ2v) is 8.02. The predicted molar refractivity (Wildman–Crippen MR) is 128 cm³/mol. The number of halogens is 1. The summed E-state index contributed by atoms with van der Waals surface area (Å²) in [5.41, 5.74) is 0.937. The number of furan rings is 1. The Morgan fingerprint density at radius 3 is 2.66 bits per heavy atom. The van der Waals surface area contributed by atoms with E-state index < -0.39 is 0 Å². The molecule has 2 unspecified atom stereocenters. The monoisotopic (exact) mass is 512 g/mol. The summed E-state index contributed by atoms with van der Waals surface area (Å²) in [6.45, 7) is 7.73. The lowest BCUT2D eigenvalue weighted by Crippen LogP contribution is -2.45. The summed E-state index contributed by atoms with van der Waals surface area (Å²) in [5, 5.41) is 6.99. The smallest absolute Gasteiger partial charge is 0.191 e. The summed E-state index contributed by atoms with van der Waals surface area (Å²) in [6.07, 6.45) is 2.57. The number of guanidine groups is 1. The van der Waals surface area contributed by atoms with E-state index in [1.165, 1.54) is 5.56 Å². The van der Waals surface area contributed by atoms with Crippen molar-refractivity contribution in [3.05, 3.63) is 54.0 Å². The molecule has 1 aromatic heterocycles. The van der Waals surface area contributed by atoms with Gasteiger partial charge in [-0.15, -0.1) is 24.0 Å². The average molecular weight is 512 g/mol. The quantitative estimate of drug-likeness (QED) is 0.342. The van der Waals surface area contributed by atoms with Crippen LogP contribution in [0.5, 0.6) is 5.75 Å². The van der Waals surface area contributed by atoms with Crippen LogP contribution in [-0.4, -0.2) is 43.6 Å². The highest BCUT2D eigenvalue weighted by Gasteiger charge is 2.34. The Morgan fingerprint density at radius 2 is 2.00 bits per heavy atom. The van der Waals surface area contributed by atoms with Gasteiger partial charge in [0.1, 0.15) is 17.1 Å². The van der Waals surface area contributed by atoms with Crippen LogP contribution in [0.4, 0.5) is 0 Å². The summed E-state index contributed by atoms with van der Waals surface area (Å²) in [5.74, 6) is 2.66. The Hall–Kier alpha value is -1.74. The fourth-order valence-corrected chi connectivity index (χ4v) is 3.58. The van der Waals surface area contributed by atoms with Crippen LogP contribution in [0.2, 0.25) is 0 Å². The van der Waals surface area contributed by atoms with Crippen molar-refractivity contribution in [2.45, 2.75) is 44.9 Å². The molecule has 6 nitrogen and oxygen atoms in total. The fraction of sp³-hybridized carbons (Fsp3) is 0.500. The third kappa shape index (κ3) is 6.12. The average Bonchev–Trinajstić information content (AvgIpc) is 3.15. The van der Waals surface area contributed by atoms with Crippen LogP contribution in [0.15, 0.2) is 52.1 Å². The Morgan fingerprint density at radius 1 is 1.24 bits per heavy atom. The van der Waals surface area contributed by atoms with E-state index >= 15 is 0 Å². The van der Waals surface area contributed by atoms with Crippen LogP contribution in [0.25, 0.3) is 0 Å². The molecular weight excluding hydrogens is 479 g/mol. The van der Waals surface area contributed by atoms with Crippen LogP contribution in [0.3, 0.4) is 0 Å². The van der Waals surface area contributed by atoms with Gasteiger partial charge < -0.3 is 19.8 Å². The number of fused-ring (bicyclic) bond motifs is 1. The number of aliphatic imine (C=N–C) groups is 1. The largest absolute Gasteiger partial charge is 0.487 e. The van der Waals surface area contributed by atoms with E-state index in [1.807, 2.05) is 38.4 Å². The molecule has 3 rings (SSSR count). The van der Waals surface area contributed by atoms with Crippen molar-refractivity contribution < 1.29 is 9.15 Å². The summed E-state index contributed by atoms with van der Waals surface area (Å²) in [7, 11) is 4.08. The van der Waals surface area contributed by atoms with Crippen molar-refractivity contribution in [3.63, 3.8) is 0 Å². The highest BCUT2D eigenvalue weighted by atomic mass is 127. The Balaban J connectivity index is 0.00000300. The molecule has 29 heavy (non-hydrogen) atoms. The van der Waals surface area contributed by atoms with E-state index in [9.17, 15) is 0 Å². The molecule has 0 amide bonds. The maximum atomic E-state index is 6.15. The fourth-order valence-electron chi connectivity index (χ4n) is 3.58. The second kappa shape index (κ2) is 10.3. The lowest BCUT2D eigenvalue weighted by molar-refractivity contribution is 0.0694. The highest BCUT2D eigenvalue weighted by molar-refractivity contribution is 14.0. The molecule has 1 aromatic carbocycles. The minimum Gasteiger partial charge on any atom is -0.487 e. The van der Waals surface area contributed by atoms with E-state index in [1.54, 1.807) is 6.26 Å². The first-order valence-corrected chi connectivity index (χ1v) is 9.92. The zero-order valence-corrected chi connectivity index (χ0v) is 20.3. The van der Waals surface area contributed by atoms with Gasteiger partial charge in [0.15, 0.2) is 5.96 Å². The Labute approximate surface area is 191 Å². The number of hydrogen-bond donors (Lipinski definition) is 2. The minimum atomic E-state index is -0.232. The van der Waals surface area contributed by atoms with E-state index in [4.69, 9.17) is 14.1 Å². The molecule has 160 valence electrons. The molecule has 2 heterocycles. The molecular formula is C22H33IN4O2. The van der Waals surface area contributed by atoms with Crippen LogP contribution in [0, 0.1) is 0 Å². The third-order valence-corrected chi connectivity index (χ3v) is 4.95. The Kier molecular flexibility index (Phi) is 8.39. The number of benzene rings is 1. The lowest BCUT2D eigenvalue weighted by atomic mass is 9.90. The van der Waals surface area contributed by atoms with Crippen molar-refractivity contribution in [3.8, 4) is 5.75 Å². The van der Waals surface area contributed by atoms with Gasteiger partial charge in [-0.1, -0.05) is 18.2 Å². The molecule has 7 heteroatoms. The van der Waals surface area contributed by atoms with Gasteiger partial charge in [0.25, 0.3) is 0 Å². The van der Waals surface area contributed by atoms with Crippen LogP contribution in [-0.2, 0) is 0 Å². The maximum absolute atomic E-state index is 6.15. The normalized spacial score (nSPS) is 19.0. The minimum absolute atomic E-state index is 0. The first-order chi connectivity index (χ1) is 13.4. The standard InChI is InChI=1S/C22H32N4O2.HI/c1-6-23-21(24-15-18(26(4)5)20-12-9-13-27-20)25-17-14-22(2,3)28-19-11-8-7-10-16(17)19;/h7-13,17-18H,6,14-15H2,1-5H3,(H2,23,24,25);1H. The summed E-state index contributed by atoms with van der Waals surface area (Å²) in [6, 6.07) is 12.4. The molecule has 2 atom stereocenters. The van der Waals surface area contributed by atoms with Crippen molar-refractivity contribution in [1.29, 1.82) is 0 Å². The van der Waals surface area contributed by atoms with Crippen molar-refractivity contribution in [2.24, 2.45) is 4.99 Å². The molecule has 2 aromatic rings. The van der Waals surface area contributed by atoms with Gasteiger partial charge in [-0.25, -0.2) is 0 Å². The third-order valence-electron chi connectivity index (χ3n) is 4.95. The maximum Gasteiger partial charge on any atom is 0.191 e. The van der Waals surface area contributed by atoms with E-state index in [-0.39, 0.29) is 41.7 Å². The molecule has 0 radical (unpaired) electrons. The molecule has 1 aliphatic rings. The van der Waals surface area contributed by atoms with Gasteiger partial charge in [0.2, 0.25) is 0 Å². The lowest BCUT2D eigenvalue weighted by Gasteiger charge is -2.38. The van der Waals surface area contributed by atoms with Crippen molar-refractivity contribution >= 4 is 29.9 Å². The molecule has 0 saturated carbocycles. The zero-order chi connectivity index (χ0) is 20.1. The summed E-state index contributed by atoms with van der Waals surface area (Å²) in [4.78, 5) is 6.98. The van der Waals surface area contributed by atoms with Gasteiger partial charge in [0.05, 0.1) is 24.9 Å². The number of likely N-dealkylation sites (N-methyl/N-ethyl adjacent to an activating group) is 1. The van der Waals surface area contributed by atoms with Crippen molar-refractivity contribution in [1.82, 2.24) is 15.5 Å². The van der Waals surface area contributed by atoms with Crippen LogP contribution < -0.4 is 15.4 Å². The summed E-state index contributed by atoms with van der Waals surface area (Å²) >= 11 is 0. The molecule has 1 aliphatic heterocycles. The van der Waals surface area contributed by atoms with Gasteiger partial charge >= 0.3 is 0 Å². The second-order valence-electron chi connectivity index (χ2n) is 8.02. The number of rotatable bonds is 6. The molecule has 0 spiro atoms. The molecule has 2 N–H and O–H groups in total. The SMILES string of the molecule is CCNC(=NCC(c1ccco1)N(C)C)NC1CC(C)(C)Oc2ccccc21.I. The molecule has 0 bridgehead atoms. The van der Waals surface area contributed by atoms with Gasteiger partial charge in [-0.3, -0.25) is 9.89 Å². The Bertz CT molecular complexity index is 790. The number of para-hydroxylation sites is 1. The predicted octanol–water partition coefficient (Wildman–Crippen LogP) is 4.36. The number of nitrogens with zero attached hydrogens (tertiary/aromatic N) is 2. The number of hydrogen-bond acceptors (Lipinski definition) is 4. The van der Waals surface area contributed by atoms with E-state index in [0.29, 0.717) is 6.54 Å². The molecule has 0 fully saturated rings. The van der Waals surface area contributed by atoms with Crippen LogP contribution >= 0.6 is 24.0 Å². The van der Waals surface area contributed by atoms with Gasteiger partial charge in [0, 0.05) is 18.5 Å². The van der Waals surface area contributed by atoms with E-state index in [0.717, 1.165) is 30.4 Å². The zero-order valence-electron chi connectivity index (χ0n) is 17.9. The highest BCUT2D eigenvalue weighted by Crippen LogP contribution is 2.39. The molecule has 0 saturated heterocycles. The number of nitrogens with one attached hydrogen (secondary N) is 2. The molecule has 0 aliphatic carbocycles. The van der Waals surface area contributed by atoms with Crippen LogP contribution in [0.1, 0.15) is 50.6 Å². The van der Waals surface area contributed by atoms with Gasteiger partial charge in [-0.2, -0.15) is 0 Å². The first-order valence-electron chi connectivity index (χ1n) is 9.92. The van der Waals surface area contributed by atoms with Crippen molar-refractivity contribution in [2.75, 3.05) is 27.2 Å². The van der Waals surface area contributed by atoms with E-state index in [2.05, 4.69) is 48.4 Å².